The van der Waals surface area contributed by atoms with Gasteiger partial charge in [0.05, 0.1) is 0 Å². The normalized spacial score (nSPS) is 15.2. The fraction of sp³-hybridized carbons (Fsp3) is 0.267. The van der Waals surface area contributed by atoms with Crippen LogP contribution >= 0.6 is 0 Å². The highest BCUT2D eigenvalue weighted by Gasteiger charge is 2.13. The van der Waals surface area contributed by atoms with Crippen molar-refractivity contribution < 1.29 is 4.39 Å². The molecule has 2 aromatic carbocycles. The monoisotopic (exact) mass is 442 g/mol. The van der Waals surface area contributed by atoms with Crippen LogP contribution in [0.5, 0.6) is 0 Å². The number of hydrogen-bond acceptors (Lipinski definition) is 2. The molecule has 0 saturated heterocycles. The molecule has 0 heterocycles. The van der Waals surface area contributed by atoms with Crippen LogP contribution in [0.2, 0.25) is 0 Å². The summed E-state index contributed by atoms with van der Waals surface area (Å²) in [6.45, 7) is 9.20. The molecule has 0 radical (unpaired) electrons. The van der Waals surface area contributed by atoms with Gasteiger partial charge in [-0.2, -0.15) is 0 Å². The van der Waals surface area contributed by atoms with E-state index in [-0.39, 0.29) is 5.82 Å². The summed E-state index contributed by atoms with van der Waals surface area (Å²) in [6, 6.07) is 15.7. The van der Waals surface area contributed by atoms with Gasteiger partial charge in [-0.1, -0.05) is 80.1 Å². The van der Waals surface area contributed by atoms with Crippen LogP contribution in [0.4, 0.5) is 4.39 Å². The summed E-state index contributed by atoms with van der Waals surface area (Å²) in [5, 5.41) is 3.32. The molecule has 1 aliphatic carbocycles. The van der Waals surface area contributed by atoms with Crippen LogP contribution in [0.1, 0.15) is 49.8 Å². The molecule has 0 bridgehead atoms. The highest BCUT2D eigenvalue weighted by Crippen LogP contribution is 2.29. The van der Waals surface area contributed by atoms with E-state index in [0.29, 0.717) is 12.0 Å². The first kappa shape index (κ1) is 24.3. The molecule has 33 heavy (non-hydrogen) atoms. The number of nitrogens with two attached hydrogens (primary N) is 1. The predicted molar refractivity (Wildman–Crippen MR) is 139 cm³/mol. The Bertz CT molecular complexity index is 1090. The molecule has 2 nitrogen and oxygen atoms in total. The Morgan fingerprint density at radius 1 is 1.15 bits per heavy atom. The Hall–Kier alpha value is -3.33. The summed E-state index contributed by atoms with van der Waals surface area (Å²) >= 11 is 0. The lowest BCUT2D eigenvalue weighted by Gasteiger charge is -2.18. The van der Waals surface area contributed by atoms with Gasteiger partial charge in [-0.25, -0.2) is 4.39 Å². The van der Waals surface area contributed by atoms with E-state index in [1.54, 1.807) is 12.3 Å². The van der Waals surface area contributed by atoms with E-state index >= 15 is 4.39 Å². The number of halogens is 1. The lowest BCUT2D eigenvalue weighted by Crippen LogP contribution is -2.15. The number of nitrogens with one attached hydrogen (secondary N) is 1. The molecule has 3 heteroatoms. The van der Waals surface area contributed by atoms with Crippen molar-refractivity contribution >= 4 is 5.70 Å². The van der Waals surface area contributed by atoms with Gasteiger partial charge in [0.15, 0.2) is 0 Å². The molecule has 172 valence electrons. The van der Waals surface area contributed by atoms with Crippen LogP contribution in [0, 0.1) is 5.82 Å². The molecule has 3 rings (SSSR count). The van der Waals surface area contributed by atoms with Gasteiger partial charge in [0.1, 0.15) is 5.82 Å². The zero-order chi connectivity index (χ0) is 23.6. The molecular weight excluding hydrogens is 407 g/mol. The van der Waals surface area contributed by atoms with Crippen LogP contribution in [-0.4, -0.2) is 6.54 Å². The maximum atomic E-state index is 15.1. The quantitative estimate of drug-likeness (QED) is 0.415. The first-order valence-electron chi connectivity index (χ1n) is 11.7. The average Bonchev–Trinajstić information content (AvgIpc) is 2.82. The third kappa shape index (κ3) is 6.82. The summed E-state index contributed by atoms with van der Waals surface area (Å²) in [4.78, 5) is 0. The standard InChI is InChI=1S/C30H35FN2/c1-4-8-25-19-27(12-11-22(25)2)28(15-17-32)20-29-14-13-26(21-30(29)31)23(3)33-18-16-24-9-6-5-7-10-24/h5-7,9-11,13-15,17,19,21,33H,3-4,8,12,16,18,20,32H2,1-2H3/b17-15-,28-27-. The topological polar surface area (TPSA) is 38.0 Å². The lowest BCUT2D eigenvalue weighted by atomic mass is 9.88. The maximum absolute atomic E-state index is 15.1. The minimum atomic E-state index is -0.220. The highest BCUT2D eigenvalue weighted by molar-refractivity contribution is 5.62. The maximum Gasteiger partial charge on any atom is 0.127 e. The summed E-state index contributed by atoms with van der Waals surface area (Å²) in [6.07, 6.45) is 12.4. The Morgan fingerprint density at radius 2 is 1.94 bits per heavy atom. The zero-order valence-electron chi connectivity index (χ0n) is 19.8. The smallest absolute Gasteiger partial charge is 0.127 e. The van der Waals surface area contributed by atoms with Crippen LogP contribution < -0.4 is 11.1 Å². The average molecular weight is 443 g/mol. The Kier molecular flexibility index (Phi) is 8.88. The van der Waals surface area contributed by atoms with Gasteiger partial charge in [0.2, 0.25) is 0 Å². The van der Waals surface area contributed by atoms with Gasteiger partial charge < -0.3 is 11.1 Å². The second-order valence-corrected chi connectivity index (χ2v) is 8.54. The first-order chi connectivity index (χ1) is 16.0. The molecule has 0 aromatic heterocycles. The Labute approximate surface area is 198 Å². The first-order valence-corrected chi connectivity index (χ1v) is 11.7. The summed E-state index contributed by atoms with van der Waals surface area (Å²) in [5.41, 5.74) is 14.1. The third-order valence-electron chi connectivity index (χ3n) is 6.09. The van der Waals surface area contributed by atoms with E-state index < -0.39 is 0 Å². The van der Waals surface area contributed by atoms with Gasteiger partial charge in [0, 0.05) is 18.7 Å². The molecule has 0 unspecified atom stereocenters. The van der Waals surface area contributed by atoms with Crippen molar-refractivity contribution in [1.82, 2.24) is 5.32 Å². The highest BCUT2D eigenvalue weighted by atomic mass is 19.1. The van der Waals surface area contributed by atoms with Crippen molar-refractivity contribution in [3.05, 3.63) is 124 Å². The molecule has 3 N–H and O–H groups in total. The van der Waals surface area contributed by atoms with Gasteiger partial charge in [0.25, 0.3) is 0 Å². The number of allylic oxidation sites excluding steroid dienone is 7. The Morgan fingerprint density at radius 3 is 2.64 bits per heavy atom. The molecule has 0 spiro atoms. The zero-order valence-corrected chi connectivity index (χ0v) is 19.8. The van der Waals surface area contributed by atoms with E-state index in [0.717, 1.165) is 49.1 Å². The number of benzene rings is 2. The van der Waals surface area contributed by atoms with Crippen LogP contribution in [-0.2, 0) is 12.8 Å². The van der Waals surface area contributed by atoms with Crippen molar-refractivity contribution in [2.75, 3.05) is 6.54 Å². The molecule has 2 aromatic rings. The second kappa shape index (κ2) is 12.1. The van der Waals surface area contributed by atoms with Crippen molar-refractivity contribution in [1.29, 1.82) is 0 Å². The molecule has 0 fully saturated rings. The molecule has 1 aliphatic rings. The molecular formula is C30H35FN2. The van der Waals surface area contributed by atoms with Gasteiger partial charge in [-0.15, -0.1) is 0 Å². The van der Waals surface area contributed by atoms with E-state index in [9.17, 15) is 0 Å². The SMILES string of the molecule is C=C(NCCc1ccccc1)c1ccc(CC(/C=C\N)=C2\C=C(CCC)C(C)=CC2)c(F)c1. The fourth-order valence-corrected chi connectivity index (χ4v) is 4.12. The molecule has 0 amide bonds. The van der Waals surface area contributed by atoms with Crippen molar-refractivity contribution in [3.8, 4) is 0 Å². The minimum Gasteiger partial charge on any atom is -0.405 e. The minimum absolute atomic E-state index is 0.220. The van der Waals surface area contributed by atoms with Gasteiger partial charge in [-0.05, 0) is 77.9 Å². The summed E-state index contributed by atoms with van der Waals surface area (Å²) in [7, 11) is 0. The molecule has 0 atom stereocenters. The van der Waals surface area contributed by atoms with Crippen molar-refractivity contribution in [3.63, 3.8) is 0 Å². The predicted octanol–water partition coefficient (Wildman–Crippen LogP) is 7.02. The summed E-state index contributed by atoms with van der Waals surface area (Å²) in [5.74, 6) is -0.220. The lowest BCUT2D eigenvalue weighted by molar-refractivity contribution is 0.613. The third-order valence-corrected chi connectivity index (χ3v) is 6.09. The van der Waals surface area contributed by atoms with Crippen LogP contribution in [0.15, 0.2) is 102 Å². The van der Waals surface area contributed by atoms with E-state index in [2.05, 4.69) is 50.0 Å². The van der Waals surface area contributed by atoms with Crippen LogP contribution in [0.3, 0.4) is 0 Å². The molecule has 0 saturated carbocycles. The fourth-order valence-electron chi connectivity index (χ4n) is 4.12. The van der Waals surface area contributed by atoms with E-state index in [4.69, 9.17) is 5.73 Å². The second-order valence-electron chi connectivity index (χ2n) is 8.54. The largest absolute Gasteiger partial charge is 0.405 e. The summed E-state index contributed by atoms with van der Waals surface area (Å²) < 4.78 is 15.1. The van der Waals surface area contributed by atoms with E-state index in [1.165, 1.54) is 22.3 Å². The Balaban J connectivity index is 1.71. The van der Waals surface area contributed by atoms with Gasteiger partial charge in [-0.3, -0.25) is 0 Å². The van der Waals surface area contributed by atoms with Crippen LogP contribution in [0.25, 0.3) is 5.70 Å². The number of hydrogen-bond donors (Lipinski definition) is 2. The van der Waals surface area contributed by atoms with Gasteiger partial charge >= 0.3 is 0 Å². The van der Waals surface area contributed by atoms with Crippen molar-refractivity contribution in [2.45, 2.75) is 46.0 Å². The van der Waals surface area contributed by atoms with E-state index in [1.807, 2.05) is 36.4 Å². The molecule has 0 aliphatic heterocycles. The number of rotatable bonds is 10. The van der Waals surface area contributed by atoms with Crippen molar-refractivity contribution in [2.24, 2.45) is 5.73 Å².